The number of rotatable bonds is 5. The summed E-state index contributed by atoms with van der Waals surface area (Å²) in [4.78, 5) is 1.26. The molecule has 1 N–H and O–H groups in total. The summed E-state index contributed by atoms with van der Waals surface area (Å²) in [5.41, 5.74) is 2.35. The Morgan fingerprint density at radius 2 is 2.05 bits per heavy atom. The maximum atomic E-state index is 5.22. The summed E-state index contributed by atoms with van der Waals surface area (Å²) in [6, 6.07) is 14.5. The number of benzene rings is 2. The van der Waals surface area contributed by atoms with Gasteiger partial charge in [-0.3, -0.25) is 0 Å². The molecule has 0 aliphatic heterocycles. The highest BCUT2D eigenvalue weighted by Crippen LogP contribution is 2.26. The molecule has 0 saturated carbocycles. The van der Waals surface area contributed by atoms with Gasteiger partial charge in [0.1, 0.15) is 5.75 Å². The fraction of sp³-hybridized carbons (Fsp3) is 0.200. The van der Waals surface area contributed by atoms with Gasteiger partial charge in [-0.15, -0.1) is 11.8 Å². The van der Waals surface area contributed by atoms with E-state index in [1.165, 1.54) is 10.5 Å². The number of ether oxygens (including phenoxy) is 1. The maximum absolute atomic E-state index is 5.22. The molecule has 0 heterocycles. The first-order valence-corrected chi connectivity index (χ1v) is 7.95. The molecule has 0 atom stereocenters. The van der Waals surface area contributed by atoms with Gasteiger partial charge in [-0.25, -0.2) is 0 Å². The van der Waals surface area contributed by atoms with Crippen LogP contribution < -0.4 is 10.1 Å². The Labute approximate surface area is 126 Å². The zero-order valence-electron chi connectivity index (χ0n) is 10.9. The van der Waals surface area contributed by atoms with E-state index < -0.39 is 0 Å². The molecule has 2 nitrogen and oxygen atoms in total. The summed E-state index contributed by atoms with van der Waals surface area (Å²) in [6.07, 6.45) is 2.08. The highest BCUT2D eigenvalue weighted by molar-refractivity contribution is 9.10. The van der Waals surface area contributed by atoms with E-state index in [0.717, 1.165) is 22.5 Å². The molecule has 19 heavy (non-hydrogen) atoms. The number of hydrogen-bond acceptors (Lipinski definition) is 3. The van der Waals surface area contributed by atoms with Crippen molar-refractivity contribution in [2.75, 3.05) is 18.7 Å². The second-order valence-electron chi connectivity index (χ2n) is 4.05. The maximum Gasteiger partial charge on any atom is 0.133 e. The third-order valence-electron chi connectivity index (χ3n) is 2.78. The molecule has 100 valence electrons. The smallest absolute Gasteiger partial charge is 0.133 e. The molecule has 0 aromatic heterocycles. The molecule has 0 radical (unpaired) electrons. The Morgan fingerprint density at radius 3 is 2.74 bits per heavy atom. The predicted molar refractivity (Wildman–Crippen MR) is 86.2 cm³/mol. The summed E-state index contributed by atoms with van der Waals surface area (Å²) >= 11 is 5.25. The minimum atomic E-state index is 0.792. The van der Waals surface area contributed by atoms with Gasteiger partial charge in [-0.2, -0.15) is 0 Å². The van der Waals surface area contributed by atoms with Crippen LogP contribution in [0.25, 0.3) is 0 Å². The molecule has 0 fully saturated rings. The minimum Gasteiger partial charge on any atom is -0.496 e. The van der Waals surface area contributed by atoms with Crippen LogP contribution in [0.15, 0.2) is 51.8 Å². The zero-order valence-corrected chi connectivity index (χ0v) is 13.3. The Hall–Kier alpha value is -1.13. The molecule has 0 amide bonds. The van der Waals surface area contributed by atoms with Crippen LogP contribution in [0.1, 0.15) is 5.56 Å². The first kappa shape index (κ1) is 14.3. The zero-order chi connectivity index (χ0) is 13.7. The molecular weight excluding hydrogens is 322 g/mol. The highest BCUT2D eigenvalue weighted by atomic mass is 79.9. The van der Waals surface area contributed by atoms with Crippen LogP contribution in [-0.2, 0) is 6.54 Å². The number of hydrogen-bond donors (Lipinski definition) is 1. The molecule has 0 spiro atoms. The van der Waals surface area contributed by atoms with Gasteiger partial charge in [-0.05, 0) is 58.1 Å². The molecule has 0 saturated heterocycles. The van der Waals surface area contributed by atoms with Crippen molar-refractivity contribution in [3.63, 3.8) is 0 Å². The third-order valence-corrected chi connectivity index (χ3v) is 4.13. The van der Waals surface area contributed by atoms with Crippen molar-refractivity contribution >= 4 is 33.4 Å². The highest BCUT2D eigenvalue weighted by Gasteiger charge is 2.01. The van der Waals surface area contributed by atoms with E-state index in [9.17, 15) is 0 Å². The molecule has 0 aliphatic rings. The lowest BCUT2D eigenvalue weighted by Gasteiger charge is -2.09. The third kappa shape index (κ3) is 3.91. The minimum absolute atomic E-state index is 0.792. The van der Waals surface area contributed by atoms with Gasteiger partial charge >= 0.3 is 0 Å². The van der Waals surface area contributed by atoms with Crippen LogP contribution in [0.3, 0.4) is 0 Å². The first-order chi connectivity index (χ1) is 9.22. The van der Waals surface area contributed by atoms with E-state index in [1.807, 2.05) is 6.07 Å². The van der Waals surface area contributed by atoms with Gasteiger partial charge in [0, 0.05) is 17.1 Å². The quantitative estimate of drug-likeness (QED) is 0.792. The number of anilines is 1. The Morgan fingerprint density at radius 1 is 1.21 bits per heavy atom. The van der Waals surface area contributed by atoms with Crippen molar-refractivity contribution < 1.29 is 4.74 Å². The van der Waals surface area contributed by atoms with Crippen LogP contribution in [0.4, 0.5) is 5.69 Å². The van der Waals surface area contributed by atoms with Gasteiger partial charge in [-0.1, -0.05) is 12.1 Å². The van der Waals surface area contributed by atoms with Crippen molar-refractivity contribution in [1.29, 1.82) is 0 Å². The molecule has 2 aromatic rings. The van der Waals surface area contributed by atoms with Crippen molar-refractivity contribution in [3.05, 3.63) is 52.5 Å². The van der Waals surface area contributed by atoms with Gasteiger partial charge in [0.2, 0.25) is 0 Å². The number of nitrogens with one attached hydrogen (secondary N) is 1. The standard InChI is InChI=1S/C15H16BrNOS/c1-18-15-7-6-11(8-14(15)16)10-17-12-4-3-5-13(9-12)19-2/h3-9,17H,10H2,1-2H3. The van der Waals surface area contributed by atoms with Crippen molar-refractivity contribution in [2.45, 2.75) is 11.4 Å². The predicted octanol–water partition coefficient (Wildman–Crippen LogP) is 4.79. The fourth-order valence-corrected chi connectivity index (χ4v) is 2.80. The molecule has 0 bridgehead atoms. The lowest BCUT2D eigenvalue weighted by molar-refractivity contribution is 0.412. The second kappa shape index (κ2) is 6.87. The topological polar surface area (TPSA) is 21.3 Å². The summed E-state index contributed by atoms with van der Waals surface area (Å²) in [5, 5.41) is 3.43. The Bertz CT molecular complexity index is 560. The van der Waals surface area contributed by atoms with Crippen LogP contribution in [0.2, 0.25) is 0 Å². The van der Waals surface area contributed by atoms with E-state index in [4.69, 9.17) is 4.74 Å². The van der Waals surface area contributed by atoms with Crippen LogP contribution in [0, 0.1) is 0 Å². The fourth-order valence-electron chi connectivity index (χ4n) is 1.76. The molecule has 2 rings (SSSR count). The lowest BCUT2D eigenvalue weighted by atomic mass is 10.2. The Balaban J connectivity index is 2.03. The number of halogens is 1. The van der Waals surface area contributed by atoms with Gasteiger partial charge < -0.3 is 10.1 Å². The molecule has 0 unspecified atom stereocenters. The molecule has 4 heteroatoms. The summed E-state index contributed by atoms with van der Waals surface area (Å²) in [5.74, 6) is 0.855. The summed E-state index contributed by atoms with van der Waals surface area (Å²) in [6.45, 7) is 0.792. The van der Waals surface area contributed by atoms with Crippen molar-refractivity contribution in [3.8, 4) is 5.75 Å². The monoisotopic (exact) mass is 337 g/mol. The number of methoxy groups -OCH3 is 1. The summed E-state index contributed by atoms with van der Waals surface area (Å²) < 4.78 is 6.20. The van der Waals surface area contributed by atoms with Gasteiger partial charge in [0.15, 0.2) is 0 Å². The van der Waals surface area contributed by atoms with E-state index >= 15 is 0 Å². The van der Waals surface area contributed by atoms with E-state index in [-0.39, 0.29) is 0 Å². The Kier molecular flexibility index (Phi) is 5.16. The van der Waals surface area contributed by atoms with E-state index in [0.29, 0.717) is 0 Å². The van der Waals surface area contributed by atoms with Crippen LogP contribution in [-0.4, -0.2) is 13.4 Å². The van der Waals surface area contributed by atoms with Gasteiger partial charge in [0.25, 0.3) is 0 Å². The summed E-state index contributed by atoms with van der Waals surface area (Å²) in [7, 11) is 1.67. The molecular formula is C15H16BrNOS. The molecule has 0 aliphatic carbocycles. The SMILES string of the molecule is COc1ccc(CNc2cccc(SC)c2)cc1Br. The van der Waals surface area contributed by atoms with Crippen LogP contribution >= 0.6 is 27.7 Å². The largest absolute Gasteiger partial charge is 0.496 e. The van der Waals surface area contributed by atoms with Crippen molar-refractivity contribution in [2.24, 2.45) is 0 Å². The second-order valence-corrected chi connectivity index (χ2v) is 5.79. The normalized spacial score (nSPS) is 10.3. The lowest BCUT2D eigenvalue weighted by Crippen LogP contribution is -1.99. The first-order valence-electron chi connectivity index (χ1n) is 5.93. The molecule has 2 aromatic carbocycles. The average Bonchev–Trinajstić information content (AvgIpc) is 2.45. The average molecular weight is 338 g/mol. The van der Waals surface area contributed by atoms with E-state index in [1.54, 1.807) is 18.9 Å². The van der Waals surface area contributed by atoms with Gasteiger partial charge in [0.05, 0.1) is 11.6 Å². The van der Waals surface area contributed by atoms with Crippen LogP contribution in [0.5, 0.6) is 5.75 Å². The van der Waals surface area contributed by atoms with E-state index in [2.05, 4.69) is 63.9 Å². The van der Waals surface area contributed by atoms with Crippen molar-refractivity contribution in [1.82, 2.24) is 0 Å². The number of thioether (sulfide) groups is 1.